The highest BCUT2D eigenvalue weighted by Crippen LogP contribution is 1.80. The van der Waals surface area contributed by atoms with Crippen molar-refractivity contribution in [2.24, 2.45) is 0 Å². The van der Waals surface area contributed by atoms with Gasteiger partial charge in [0, 0.05) is 0 Å². The lowest BCUT2D eigenvalue weighted by Crippen LogP contribution is -2.14. The molecule has 0 aromatic heterocycles. The first-order valence-corrected chi connectivity index (χ1v) is 2.99. The topological polar surface area (TPSA) is 35.8 Å². The van der Waals surface area contributed by atoms with Gasteiger partial charge in [-0.3, -0.25) is 0 Å². The summed E-state index contributed by atoms with van der Waals surface area (Å²) in [5.74, 6) is 0. The van der Waals surface area contributed by atoms with Crippen LogP contribution in [0.3, 0.4) is 0 Å². The molecule has 0 saturated heterocycles. The summed E-state index contributed by atoms with van der Waals surface area (Å²) >= 11 is 0. The molecule has 0 radical (unpaired) electrons. The molecule has 0 aromatic carbocycles. The summed E-state index contributed by atoms with van der Waals surface area (Å²) < 4.78 is 0. The summed E-state index contributed by atoms with van der Waals surface area (Å²) in [6.45, 7) is 3.60. The van der Waals surface area contributed by atoms with Crippen LogP contribution in [0.5, 0.6) is 0 Å². The van der Waals surface area contributed by atoms with Gasteiger partial charge in [0.2, 0.25) is 0 Å². The molecule has 0 aliphatic rings. The van der Waals surface area contributed by atoms with Gasteiger partial charge in [0.15, 0.2) is 0 Å². The first-order valence-electron chi connectivity index (χ1n) is 2.99. The highest BCUT2D eigenvalue weighted by molar-refractivity contribution is 5.85. The molecule has 0 aliphatic carbocycles. The molecule has 0 aliphatic heterocycles. The zero-order valence-electron chi connectivity index (χ0n) is 5.68. The quantitative estimate of drug-likeness (QED) is 0.482. The van der Waals surface area contributed by atoms with E-state index < -0.39 is 0 Å². The number of nitrogens with one attached hydrogen (secondary N) is 1. The highest BCUT2D eigenvalue weighted by Gasteiger charge is 1.80. The maximum Gasteiger partial charge on any atom is 0.0840 e. The number of nitriles is 1. The van der Waals surface area contributed by atoms with Gasteiger partial charge in [-0.05, 0) is 13.0 Å². The van der Waals surface area contributed by atoms with E-state index in [1.54, 1.807) is 0 Å². The largest absolute Gasteiger partial charge is 0.304 e. The van der Waals surface area contributed by atoms with E-state index in [0.717, 1.165) is 6.54 Å². The van der Waals surface area contributed by atoms with Crippen molar-refractivity contribution in [2.75, 3.05) is 13.1 Å². The molecule has 3 heteroatoms. The van der Waals surface area contributed by atoms with Crippen LogP contribution < -0.4 is 5.32 Å². The van der Waals surface area contributed by atoms with Crippen LogP contribution in [0, 0.1) is 11.3 Å². The Hall–Kier alpha value is -0.260. The fraction of sp³-hybridized carbons (Fsp3) is 0.833. The fourth-order valence-electron chi connectivity index (χ4n) is 0.446. The molecular formula is C6H13ClN2. The summed E-state index contributed by atoms with van der Waals surface area (Å²) in [5.41, 5.74) is 0. The Kier molecular flexibility index (Phi) is 13.7. The number of rotatable bonds is 4. The van der Waals surface area contributed by atoms with Crippen molar-refractivity contribution in [2.45, 2.75) is 19.8 Å². The van der Waals surface area contributed by atoms with Gasteiger partial charge in [-0.25, -0.2) is 0 Å². The van der Waals surface area contributed by atoms with Crippen molar-refractivity contribution >= 4 is 12.4 Å². The Morgan fingerprint density at radius 1 is 1.56 bits per heavy atom. The Morgan fingerprint density at radius 2 is 2.22 bits per heavy atom. The fourth-order valence-corrected chi connectivity index (χ4v) is 0.446. The standard InChI is InChI=1S/C6H12N2.ClH/c1-2-3-5-8-6-4-7;/h8H,2-3,5-6H2,1H3;1H. The maximum absolute atomic E-state index is 8.05. The van der Waals surface area contributed by atoms with E-state index in [4.69, 9.17) is 5.26 Å². The minimum absolute atomic E-state index is 0. The maximum atomic E-state index is 8.05. The average molecular weight is 149 g/mol. The molecule has 0 atom stereocenters. The number of halogens is 1. The summed E-state index contributed by atoms with van der Waals surface area (Å²) in [6, 6.07) is 2.02. The van der Waals surface area contributed by atoms with E-state index in [-0.39, 0.29) is 12.4 Å². The highest BCUT2D eigenvalue weighted by atomic mass is 35.5. The molecule has 0 saturated carbocycles. The van der Waals surface area contributed by atoms with Crippen molar-refractivity contribution in [3.05, 3.63) is 0 Å². The molecular weight excluding hydrogens is 136 g/mol. The lowest BCUT2D eigenvalue weighted by atomic mass is 10.3. The molecule has 0 unspecified atom stereocenters. The third kappa shape index (κ3) is 11.4. The van der Waals surface area contributed by atoms with E-state index in [9.17, 15) is 0 Å². The lowest BCUT2D eigenvalue weighted by molar-refractivity contribution is 0.684. The monoisotopic (exact) mass is 148 g/mol. The van der Waals surface area contributed by atoms with Crippen molar-refractivity contribution < 1.29 is 0 Å². The van der Waals surface area contributed by atoms with Crippen molar-refractivity contribution in [3.63, 3.8) is 0 Å². The number of hydrogen-bond donors (Lipinski definition) is 1. The van der Waals surface area contributed by atoms with E-state index in [2.05, 4.69) is 12.2 Å². The van der Waals surface area contributed by atoms with Crippen LogP contribution in [0.1, 0.15) is 19.8 Å². The predicted molar refractivity (Wildman–Crippen MR) is 40.6 cm³/mol. The van der Waals surface area contributed by atoms with Gasteiger partial charge in [-0.15, -0.1) is 12.4 Å². The molecule has 0 rings (SSSR count). The number of unbranched alkanes of at least 4 members (excludes halogenated alkanes) is 1. The average Bonchev–Trinajstić information content (AvgIpc) is 1.81. The van der Waals surface area contributed by atoms with Gasteiger partial charge in [0.05, 0.1) is 12.6 Å². The van der Waals surface area contributed by atoms with Gasteiger partial charge >= 0.3 is 0 Å². The molecule has 1 N–H and O–H groups in total. The summed E-state index contributed by atoms with van der Waals surface area (Å²) in [5, 5.41) is 11.0. The molecule has 0 spiro atoms. The van der Waals surface area contributed by atoms with Crippen molar-refractivity contribution in [1.29, 1.82) is 5.26 Å². The Bertz CT molecular complexity index is 77.6. The van der Waals surface area contributed by atoms with Crippen LogP contribution in [0.2, 0.25) is 0 Å². The van der Waals surface area contributed by atoms with Crippen molar-refractivity contribution in [1.82, 2.24) is 5.32 Å². The Balaban J connectivity index is 0. The smallest absolute Gasteiger partial charge is 0.0840 e. The molecule has 0 amide bonds. The van der Waals surface area contributed by atoms with Crippen LogP contribution in [-0.2, 0) is 0 Å². The molecule has 54 valence electrons. The van der Waals surface area contributed by atoms with Gasteiger partial charge < -0.3 is 5.32 Å². The summed E-state index contributed by atoms with van der Waals surface area (Å²) in [4.78, 5) is 0. The van der Waals surface area contributed by atoms with Gasteiger partial charge in [0.1, 0.15) is 0 Å². The minimum Gasteiger partial charge on any atom is -0.304 e. The minimum atomic E-state index is 0. The Morgan fingerprint density at radius 3 is 2.67 bits per heavy atom. The third-order valence-corrected chi connectivity index (χ3v) is 0.911. The van der Waals surface area contributed by atoms with E-state index in [1.165, 1.54) is 12.8 Å². The van der Waals surface area contributed by atoms with Crippen LogP contribution in [0.25, 0.3) is 0 Å². The molecule has 2 nitrogen and oxygen atoms in total. The lowest BCUT2D eigenvalue weighted by Gasteiger charge is -1.93. The molecule has 0 bridgehead atoms. The van der Waals surface area contributed by atoms with E-state index >= 15 is 0 Å². The molecule has 0 heterocycles. The van der Waals surface area contributed by atoms with Gasteiger partial charge in [-0.1, -0.05) is 13.3 Å². The van der Waals surface area contributed by atoms with Gasteiger partial charge in [0.25, 0.3) is 0 Å². The zero-order valence-corrected chi connectivity index (χ0v) is 6.50. The van der Waals surface area contributed by atoms with Crippen molar-refractivity contribution in [3.8, 4) is 6.07 Å². The van der Waals surface area contributed by atoms with Gasteiger partial charge in [-0.2, -0.15) is 5.26 Å². The number of nitrogens with zero attached hydrogens (tertiary/aromatic N) is 1. The normalized spacial score (nSPS) is 7.56. The second-order valence-electron chi connectivity index (χ2n) is 1.69. The zero-order chi connectivity index (χ0) is 6.24. The first kappa shape index (κ1) is 11.5. The van der Waals surface area contributed by atoms with Crippen LogP contribution in [0.4, 0.5) is 0 Å². The summed E-state index contributed by atoms with van der Waals surface area (Å²) in [6.07, 6.45) is 2.36. The van der Waals surface area contributed by atoms with Crippen LogP contribution >= 0.6 is 12.4 Å². The van der Waals surface area contributed by atoms with Crippen LogP contribution in [0.15, 0.2) is 0 Å². The molecule has 0 aromatic rings. The SMILES string of the molecule is CCCCNCC#N.Cl. The second-order valence-corrected chi connectivity index (χ2v) is 1.69. The van der Waals surface area contributed by atoms with E-state index in [1.807, 2.05) is 6.07 Å². The molecule has 9 heavy (non-hydrogen) atoms. The first-order chi connectivity index (χ1) is 3.91. The van der Waals surface area contributed by atoms with E-state index in [0.29, 0.717) is 6.54 Å². The van der Waals surface area contributed by atoms with Crippen LogP contribution in [-0.4, -0.2) is 13.1 Å². The third-order valence-electron chi connectivity index (χ3n) is 0.911. The number of hydrogen-bond acceptors (Lipinski definition) is 2. The predicted octanol–water partition coefficient (Wildman–Crippen LogP) is 1.32. The second kappa shape index (κ2) is 10.7. The molecule has 0 fully saturated rings. The summed E-state index contributed by atoms with van der Waals surface area (Å²) in [7, 11) is 0. The Labute approximate surface area is 62.7 Å².